The van der Waals surface area contributed by atoms with Gasteiger partial charge in [0.25, 0.3) is 0 Å². The molecule has 1 aliphatic heterocycles. The van der Waals surface area contributed by atoms with Crippen LogP contribution in [0.4, 0.5) is 0 Å². The number of hydrogen-bond acceptors (Lipinski definition) is 2. The average molecular weight is 247 g/mol. The van der Waals surface area contributed by atoms with Crippen LogP contribution in [-0.4, -0.2) is 23.8 Å². The van der Waals surface area contributed by atoms with Crippen molar-refractivity contribution in [1.29, 1.82) is 0 Å². The molecule has 1 saturated heterocycles. The van der Waals surface area contributed by atoms with Crippen LogP contribution in [0.15, 0.2) is 0 Å². The van der Waals surface area contributed by atoms with Gasteiger partial charge in [-0.2, -0.15) is 0 Å². The van der Waals surface area contributed by atoms with Crippen LogP contribution in [0.1, 0.15) is 26.7 Å². The fourth-order valence-electron chi connectivity index (χ4n) is 1.31. The van der Waals surface area contributed by atoms with Crippen molar-refractivity contribution in [3.8, 4) is 11.8 Å². The summed E-state index contributed by atoms with van der Waals surface area (Å²) in [5.41, 5.74) is 0. The van der Waals surface area contributed by atoms with E-state index in [4.69, 9.17) is 9.47 Å². The summed E-state index contributed by atoms with van der Waals surface area (Å²) in [6, 6.07) is 0. The second-order valence-corrected chi connectivity index (χ2v) is 3.91. The maximum Gasteiger partial charge on any atom is 0.167 e. The predicted octanol–water partition coefficient (Wildman–Crippen LogP) is 2.32. The number of hydrogen-bond donors (Lipinski definition) is 0. The van der Waals surface area contributed by atoms with Gasteiger partial charge in [-0.3, -0.25) is 0 Å². The Morgan fingerprint density at radius 1 is 1.62 bits per heavy atom. The Kier molecular flexibility index (Phi) is 4.24. The van der Waals surface area contributed by atoms with Crippen LogP contribution in [0.25, 0.3) is 0 Å². The number of rotatable bonds is 3. The van der Waals surface area contributed by atoms with Gasteiger partial charge >= 0.3 is 0 Å². The number of ether oxygens (including phenoxy) is 2. The van der Waals surface area contributed by atoms with Crippen molar-refractivity contribution in [2.45, 2.75) is 38.6 Å². The Morgan fingerprint density at radius 3 is 2.92 bits per heavy atom. The summed E-state index contributed by atoms with van der Waals surface area (Å²) < 4.78 is 11.3. The minimum atomic E-state index is -0.414. The first kappa shape index (κ1) is 11.0. The maximum atomic E-state index is 5.71. The minimum absolute atomic E-state index is 0.194. The molecule has 0 radical (unpaired) electrons. The molecule has 2 atom stereocenters. The summed E-state index contributed by atoms with van der Waals surface area (Å²) in [7, 11) is 0. The molecule has 1 heterocycles. The van der Waals surface area contributed by atoms with E-state index < -0.39 is 5.79 Å². The lowest BCUT2D eigenvalue weighted by Crippen LogP contribution is -2.26. The summed E-state index contributed by atoms with van der Waals surface area (Å²) in [6.07, 6.45) is 1.87. The molecular weight excluding hydrogens is 232 g/mol. The number of alkyl halides is 1. The molecule has 2 unspecified atom stereocenters. The van der Waals surface area contributed by atoms with Gasteiger partial charge < -0.3 is 9.47 Å². The molecule has 3 heteroatoms. The zero-order valence-corrected chi connectivity index (χ0v) is 9.69. The van der Waals surface area contributed by atoms with Gasteiger partial charge in [0.05, 0.1) is 12.7 Å². The predicted molar refractivity (Wildman–Crippen MR) is 55.7 cm³/mol. The molecule has 1 fully saturated rings. The summed E-state index contributed by atoms with van der Waals surface area (Å²) in [4.78, 5) is 0. The molecule has 0 aromatic rings. The highest BCUT2D eigenvalue weighted by Crippen LogP contribution is 2.28. The molecule has 0 bridgehead atoms. The molecule has 13 heavy (non-hydrogen) atoms. The normalized spacial score (nSPS) is 32.7. The quantitative estimate of drug-likeness (QED) is 0.562. The summed E-state index contributed by atoms with van der Waals surface area (Å²) in [5.74, 6) is 5.46. The van der Waals surface area contributed by atoms with E-state index in [-0.39, 0.29) is 6.10 Å². The van der Waals surface area contributed by atoms with Crippen molar-refractivity contribution in [3.05, 3.63) is 0 Å². The maximum absolute atomic E-state index is 5.71. The third kappa shape index (κ3) is 3.30. The van der Waals surface area contributed by atoms with E-state index in [0.717, 1.165) is 18.2 Å². The van der Waals surface area contributed by atoms with Gasteiger partial charge in [-0.05, 0) is 13.8 Å². The van der Waals surface area contributed by atoms with Crippen molar-refractivity contribution in [2.24, 2.45) is 0 Å². The zero-order valence-electron chi connectivity index (χ0n) is 8.10. The van der Waals surface area contributed by atoms with Crippen LogP contribution in [0.5, 0.6) is 0 Å². The van der Waals surface area contributed by atoms with Gasteiger partial charge in [-0.15, -0.1) is 11.8 Å². The van der Waals surface area contributed by atoms with E-state index in [2.05, 4.69) is 27.8 Å². The third-order valence-electron chi connectivity index (χ3n) is 2.04. The average Bonchev–Trinajstić information content (AvgIpc) is 2.49. The summed E-state index contributed by atoms with van der Waals surface area (Å²) in [6.45, 7) is 4.51. The molecule has 1 rings (SSSR count). The largest absolute Gasteiger partial charge is 0.347 e. The smallest absolute Gasteiger partial charge is 0.167 e. The fourth-order valence-corrected chi connectivity index (χ4v) is 1.63. The molecule has 0 aromatic heterocycles. The molecule has 0 aliphatic carbocycles. The molecular formula is C10H15BrO2. The topological polar surface area (TPSA) is 18.5 Å². The van der Waals surface area contributed by atoms with Gasteiger partial charge in [0.15, 0.2) is 5.79 Å². The Labute approximate surface area is 88.1 Å². The van der Waals surface area contributed by atoms with E-state index in [1.54, 1.807) is 0 Å². The second kappa shape index (κ2) is 4.99. The van der Waals surface area contributed by atoms with Crippen LogP contribution in [0.2, 0.25) is 0 Å². The molecule has 2 nitrogen and oxygen atoms in total. The van der Waals surface area contributed by atoms with Gasteiger partial charge in [-0.25, -0.2) is 0 Å². The fraction of sp³-hybridized carbons (Fsp3) is 0.800. The minimum Gasteiger partial charge on any atom is -0.347 e. The molecule has 0 spiro atoms. The Balaban J connectivity index is 2.34. The molecule has 74 valence electrons. The van der Waals surface area contributed by atoms with E-state index in [1.807, 2.05) is 13.8 Å². The van der Waals surface area contributed by atoms with E-state index in [9.17, 15) is 0 Å². The standard InChI is InChI=1S/C10H15BrO2/c1-3-4-5-6-10(2)12-8-9(7-11)13-10/h9H,5-8H2,1-2H3. The van der Waals surface area contributed by atoms with Gasteiger partial charge in [0.2, 0.25) is 0 Å². The van der Waals surface area contributed by atoms with Crippen LogP contribution < -0.4 is 0 Å². The summed E-state index contributed by atoms with van der Waals surface area (Å²) >= 11 is 3.38. The van der Waals surface area contributed by atoms with Crippen molar-refractivity contribution < 1.29 is 9.47 Å². The van der Waals surface area contributed by atoms with Gasteiger partial charge in [-0.1, -0.05) is 15.9 Å². The van der Waals surface area contributed by atoms with Crippen molar-refractivity contribution >= 4 is 15.9 Å². The molecule has 1 aliphatic rings. The Morgan fingerprint density at radius 2 is 2.38 bits per heavy atom. The van der Waals surface area contributed by atoms with Crippen molar-refractivity contribution in [1.82, 2.24) is 0 Å². The lowest BCUT2D eigenvalue weighted by Gasteiger charge is -2.21. The summed E-state index contributed by atoms with van der Waals surface area (Å²) in [5, 5.41) is 0.835. The van der Waals surface area contributed by atoms with Crippen LogP contribution in [0, 0.1) is 11.8 Å². The molecule has 0 amide bonds. The SMILES string of the molecule is CC#CCCC1(C)OCC(CBr)O1. The molecule has 0 saturated carbocycles. The first-order valence-electron chi connectivity index (χ1n) is 4.47. The van der Waals surface area contributed by atoms with Gasteiger partial charge in [0.1, 0.15) is 0 Å². The highest BCUT2D eigenvalue weighted by atomic mass is 79.9. The van der Waals surface area contributed by atoms with Crippen molar-refractivity contribution in [2.75, 3.05) is 11.9 Å². The molecule has 0 aromatic carbocycles. The lowest BCUT2D eigenvalue weighted by atomic mass is 10.2. The lowest BCUT2D eigenvalue weighted by molar-refractivity contribution is -0.154. The highest BCUT2D eigenvalue weighted by Gasteiger charge is 2.35. The number of halogens is 1. The Hall–Kier alpha value is -0.0400. The third-order valence-corrected chi connectivity index (χ3v) is 2.77. The van der Waals surface area contributed by atoms with E-state index >= 15 is 0 Å². The first-order valence-corrected chi connectivity index (χ1v) is 5.59. The van der Waals surface area contributed by atoms with Crippen molar-refractivity contribution in [3.63, 3.8) is 0 Å². The second-order valence-electron chi connectivity index (χ2n) is 3.27. The van der Waals surface area contributed by atoms with Crippen LogP contribution >= 0.6 is 15.9 Å². The monoisotopic (exact) mass is 246 g/mol. The first-order chi connectivity index (χ1) is 6.20. The molecule has 0 N–H and O–H groups in total. The van der Waals surface area contributed by atoms with Gasteiger partial charge in [0, 0.05) is 18.2 Å². The Bertz CT molecular complexity index is 219. The van der Waals surface area contributed by atoms with E-state index in [1.165, 1.54) is 0 Å². The van der Waals surface area contributed by atoms with Crippen LogP contribution in [-0.2, 0) is 9.47 Å². The highest BCUT2D eigenvalue weighted by molar-refractivity contribution is 9.09. The van der Waals surface area contributed by atoms with E-state index in [0.29, 0.717) is 6.61 Å². The zero-order chi connectivity index (χ0) is 9.73. The van der Waals surface area contributed by atoms with Crippen LogP contribution in [0.3, 0.4) is 0 Å².